The van der Waals surface area contributed by atoms with Gasteiger partial charge in [-0.05, 0) is 142 Å². The van der Waals surface area contributed by atoms with Crippen LogP contribution in [0.2, 0.25) is 0 Å². The third-order valence-corrected chi connectivity index (χ3v) is 16.4. The lowest BCUT2D eigenvalue weighted by Gasteiger charge is -2.32. The van der Waals surface area contributed by atoms with Gasteiger partial charge in [-0.1, -0.05) is 200 Å². The highest BCUT2D eigenvalue weighted by Gasteiger charge is 2.52. The van der Waals surface area contributed by atoms with Gasteiger partial charge in [-0.2, -0.15) is 0 Å². The molecule has 0 saturated heterocycles. The van der Waals surface area contributed by atoms with Crippen molar-refractivity contribution in [2.24, 2.45) is 0 Å². The third-order valence-electron chi connectivity index (χ3n) is 15.3. The Labute approximate surface area is 404 Å². The van der Waals surface area contributed by atoms with Gasteiger partial charge >= 0.3 is 0 Å². The van der Waals surface area contributed by atoms with Gasteiger partial charge in [0.1, 0.15) is 0 Å². The Morgan fingerprint density at radius 2 is 0.783 bits per heavy atom. The summed E-state index contributed by atoms with van der Waals surface area (Å²) in [6, 6.07) is 93.1. The van der Waals surface area contributed by atoms with Gasteiger partial charge in [-0.25, -0.2) is 0 Å². The number of benzene rings is 12. The first-order valence-electron chi connectivity index (χ1n) is 23.9. The van der Waals surface area contributed by atoms with Gasteiger partial charge < -0.3 is 4.90 Å². The number of nitrogens with zero attached hydrogens (tertiary/aromatic N) is 1. The summed E-state index contributed by atoms with van der Waals surface area (Å²) in [6.07, 6.45) is 0. The summed E-state index contributed by atoms with van der Waals surface area (Å²) in [5.74, 6) is 0. The molecule has 15 rings (SSSR count). The van der Waals surface area contributed by atoms with Gasteiger partial charge in [0.2, 0.25) is 0 Å². The number of hydrogen-bond acceptors (Lipinski definition) is 2. The van der Waals surface area contributed by atoms with E-state index in [-0.39, 0.29) is 0 Å². The lowest BCUT2D eigenvalue weighted by molar-refractivity contribution is 0.794. The standard InChI is InChI=1S/C67H41NS/c1-2-20-50-48(18-1)49-19-3-4-21-51(49)57-41-46(38-39-52(50)57)68(45-36-34-42(35-37-45)43-16-13-17-44(40-43)47-26-14-33-64-65(47)56-25-8-12-32-63(56)69-64)62-31-15-30-61-66(62)55-24-7-11-29-60(55)67(61)58-27-9-5-22-53(58)54-23-6-10-28-59(54)67/h1-41H. The molecule has 0 fully saturated rings. The molecule has 0 N–H and O–H groups in total. The molecule has 0 unspecified atom stereocenters. The fourth-order valence-corrected chi connectivity index (χ4v) is 13.6. The van der Waals surface area contributed by atoms with Crippen molar-refractivity contribution in [2.45, 2.75) is 5.41 Å². The largest absolute Gasteiger partial charge is 0.310 e. The van der Waals surface area contributed by atoms with Gasteiger partial charge in [0, 0.05) is 37.1 Å². The highest BCUT2D eigenvalue weighted by molar-refractivity contribution is 7.25. The van der Waals surface area contributed by atoms with Crippen LogP contribution in [-0.2, 0) is 5.41 Å². The summed E-state index contributed by atoms with van der Waals surface area (Å²) in [7, 11) is 0. The molecule has 0 atom stereocenters. The van der Waals surface area contributed by atoms with Crippen LogP contribution in [-0.4, -0.2) is 0 Å². The zero-order valence-electron chi connectivity index (χ0n) is 37.5. The van der Waals surface area contributed by atoms with E-state index in [1.54, 1.807) is 0 Å². The number of anilines is 3. The van der Waals surface area contributed by atoms with Crippen LogP contribution < -0.4 is 4.90 Å². The maximum Gasteiger partial charge on any atom is 0.0726 e. The summed E-state index contributed by atoms with van der Waals surface area (Å²) in [5.41, 5.74) is 18.3. The van der Waals surface area contributed by atoms with Crippen LogP contribution in [0.4, 0.5) is 17.1 Å². The minimum atomic E-state index is -0.451. The fraction of sp³-hybridized carbons (Fsp3) is 0.0149. The Morgan fingerprint density at radius 1 is 0.290 bits per heavy atom. The molecule has 1 heterocycles. The molecular weight excluding hydrogens is 851 g/mol. The van der Waals surface area contributed by atoms with Crippen LogP contribution in [0.15, 0.2) is 249 Å². The predicted molar refractivity (Wildman–Crippen MR) is 294 cm³/mol. The Kier molecular flexibility index (Phi) is 8.22. The molecule has 0 amide bonds. The van der Waals surface area contributed by atoms with E-state index in [0.717, 1.165) is 17.1 Å². The van der Waals surface area contributed by atoms with E-state index >= 15 is 0 Å². The maximum atomic E-state index is 2.52. The molecule has 320 valence electrons. The normalized spacial score (nSPS) is 13.0. The molecule has 12 aromatic carbocycles. The zero-order valence-corrected chi connectivity index (χ0v) is 38.3. The lowest BCUT2D eigenvalue weighted by atomic mass is 9.70. The molecule has 2 aliphatic carbocycles. The van der Waals surface area contributed by atoms with Crippen LogP contribution in [0.5, 0.6) is 0 Å². The van der Waals surface area contributed by atoms with E-state index < -0.39 is 5.41 Å². The van der Waals surface area contributed by atoms with Crippen molar-refractivity contribution in [3.8, 4) is 44.5 Å². The zero-order chi connectivity index (χ0) is 45.2. The molecule has 0 radical (unpaired) electrons. The highest BCUT2D eigenvalue weighted by atomic mass is 32.1. The smallest absolute Gasteiger partial charge is 0.0726 e. The number of thiophene rings is 1. The summed E-state index contributed by atoms with van der Waals surface area (Å²) in [5, 5.41) is 10.2. The van der Waals surface area contributed by atoms with Crippen molar-refractivity contribution in [3.05, 3.63) is 271 Å². The van der Waals surface area contributed by atoms with Crippen LogP contribution in [0.1, 0.15) is 22.3 Å². The minimum Gasteiger partial charge on any atom is -0.310 e. The van der Waals surface area contributed by atoms with Gasteiger partial charge in [-0.15, -0.1) is 11.3 Å². The Hall–Kier alpha value is -8.56. The van der Waals surface area contributed by atoms with E-state index in [4.69, 9.17) is 0 Å². The van der Waals surface area contributed by atoms with Crippen LogP contribution >= 0.6 is 11.3 Å². The summed E-state index contributed by atoms with van der Waals surface area (Å²) in [6.45, 7) is 0. The SMILES string of the molecule is c1cc(-c2ccc(N(c3ccc4c5ccccc5c5ccccc5c4c3)c3cccc4c3-c3ccccc3C43c4ccccc4-c4ccccc43)cc2)cc(-c2cccc3sc4ccccc4c23)c1. The first-order chi connectivity index (χ1) is 34.2. The van der Waals surface area contributed by atoms with Crippen molar-refractivity contribution in [1.82, 2.24) is 0 Å². The molecule has 13 aromatic rings. The molecule has 2 aliphatic rings. The van der Waals surface area contributed by atoms with Crippen LogP contribution in [0, 0.1) is 0 Å². The predicted octanol–water partition coefficient (Wildman–Crippen LogP) is 18.7. The lowest BCUT2D eigenvalue weighted by Crippen LogP contribution is -2.26. The fourth-order valence-electron chi connectivity index (χ4n) is 12.5. The Bertz CT molecular complexity index is 4190. The first kappa shape index (κ1) is 38.5. The molecule has 0 bridgehead atoms. The second-order valence-corrected chi connectivity index (χ2v) is 19.7. The Balaban J connectivity index is 0.948. The average molecular weight is 892 g/mol. The quantitative estimate of drug-likeness (QED) is 0.156. The van der Waals surface area contributed by atoms with Crippen molar-refractivity contribution >= 4 is 80.9 Å². The van der Waals surface area contributed by atoms with E-state index in [2.05, 4.69) is 254 Å². The number of hydrogen-bond donors (Lipinski definition) is 0. The Morgan fingerprint density at radius 3 is 1.49 bits per heavy atom. The van der Waals surface area contributed by atoms with Gasteiger partial charge in [0.15, 0.2) is 0 Å². The van der Waals surface area contributed by atoms with E-state index in [0.29, 0.717) is 0 Å². The van der Waals surface area contributed by atoms with Crippen LogP contribution in [0.25, 0.3) is 97.0 Å². The van der Waals surface area contributed by atoms with Gasteiger partial charge in [0.05, 0.1) is 11.1 Å². The number of fused-ring (bicyclic) bond motifs is 19. The molecule has 69 heavy (non-hydrogen) atoms. The monoisotopic (exact) mass is 891 g/mol. The molecule has 2 heteroatoms. The van der Waals surface area contributed by atoms with Crippen LogP contribution in [0.3, 0.4) is 0 Å². The summed E-state index contributed by atoms with van der Waals surface area (Å²) >= 11 is 1.87. The first-order valence-corrected chi connectivity index (χ1v) is 24.7. The molecule has 1 nitrogen and oxygen atoms in total. The molecule has 0 aliphatic heterocycles. The maximum absolute atomic E-state index is 2.52. The van der Waals surface area contributed by atoms with E-state index in [1.165, 1.54) is 119 Å². The molecule has 1 aromatic heterocycles. The van der Waals surface area contributed by atoms with Crippen molar-refractivity contribution < 1.29 is 0 Å². The van der Waals surface area contributed by atoms with Crippen molar-refractivity contribution in [1.29, 1.82) is 0 Å². The van der Waals surface area contributed by atoms with Gasteiger partial charge in [-0.3, -0.25) is 0 Å². The third kappa shape index (κ3) is 5.41. The summed E-state index contributed by atoms with van der Waals surface area (Å²) in [4.78, 5) is 2.52. The summed E-state index contributed by atoms with van der Waals surface area (Å²) < 4.78 is 2.64. The molecule has 0 saturated carbocycles. The average Bonchev–Trinajstić information content (AvgIpc) is 4.06. The van der Waals surface area contributed by atoms with Gasteiger partial charge in [0.25, 0.3) is 0 Å². The highest BCUT2D eigenvalue weighted by Crippen LogP contribution is 2.64. The van der Waals surface area contributed by atoms with Crippen molar-refractivity contribution in [3.63, 3.8) is 0 Å². The second-order valence-electron chi connectivity index (χ2n) is 18.6. The molecular formula is C67H41NS. The second kappa shape index (κ2) is 14.7. The molecule has 1 spiro atoms. The van der Waals surface area contributed by atoms with E-state index in [9.17, 15) is 0 Å². The minimum absolute atomic E-state index is 0.451. The topological polar surface area (TPSA) is 3.24 Å². The van der Waals surface area contributed by atoms with Crippen molar-refractivity contribution in [2.75, 3.05) is 4.90 Å². The number of rotatable bonds is 5. The van der Waals surface area contributed by atoms with E-state index in [1.807, 2.05) is 11.3 Å².